The zero-order chi connectivity index (χ0) is 13.9. The Bertz CT molecular complexity index is 435. The van der Waals surface area contributed by atoms with Gasteiger partial charge in [-0.2, -0.15) is 0 Å². The summed E-state index contributed by atoms with van der Waals surface area (Å²) >= 11 is 3.41. The third-order valence-electron chi connectivity index (χ3n) is 4.47. The molecule has 0 spiro atoms. The second-order valence-corrected chi connectivity index (χ2v) is 6.90. The summed E-state index contributed by atoms with van der Waals surface area (Å²) in [6.07, 6.45) is 7.53. The Kier molecular flexibility index (Phi) is 5.02. The van der Waals surface area contributed by atoms with E-state index in [1.54, 1.807) is 6.07 Å². The van der Waals surface area contributed by atoms with Crippen molar-refractivity contribution in [3.63, 3.8) is 0 Å². The fourth-order valence-electron chi connectivity index (χ4n) is 3.15. The molecule has 0 heterocycles. The van der Waals surface area contributed by atoms with Crippen molar-refractivity contribution in [2.45, 2.75) is 57.4 Å². The summed E-state index contributed by atoms with van der Waals surface area (Å²) in [5.41, 5.74) is 7.06. The van der Waals surface area contributed by atoms with Crippen LogP contribution >= 0.6 is 15.9 Å². The Balaban J connectivity index is 2.10. The van der Waals surface area contributed by atoms with Crippen molar-refractivity contribution in [3.05, 3.63) is 34.1 Å². The maximum Gasteiger partial charge on any atom is 0.126 e. The first-order chi connectivity index (χ1) is 9.02. The number of halogens is 2. The van der Waals surface area contributed by atoms with Gasteiger partial charge in [0.15, 0.2) is 0 Å². The molecule has 1 nitrogen and oxygen atoms in total. The fourth-order valence-corrected chi connectivity index (χ4v) is 3.56. The molecule has 0 aromatic heterocycles. The molecule has 0 saturated heterocycles. The van der Waals surface area contributed by atoms with Crippen molar-refractivity contribution >= 4 is 15.9 Å². The zero-order valence-electron chi connectivity index (χ0n) is 11.6. The summed E-state index contributed by atoms with van der Waals surface area (Å²) in [4.78, 5) is 0. The number of benzene rings is 1. The Hall–Kier alpha value is -0.410. The molecule has 0 aliphatic heterocycles. The maximum atomic E-state index is 13.9. The molecule has 0 amide bonds. The smallest absolute Gasteiger partial charge is 0.126 e. The van der Waals surface area contributed by atoms with E-state index in [2.05, 4.69) is 22.9 Å². The molecule has 1 aromatic rings. The normalized spacial score (nSPS) is 28.1. The molecule has 1 aliphatic rings. The molecule has 19 heavy (non-hydrogen) atoms. The third kappa shape index (κ3) is 4.03. The summed E-state index contributed by atoms with van der Waals surface area (Å²) < 4.78 is 14.8. The molecule has 2 atom stereocenters. The predicted octanol–water partition coefficient (Wildman–Crippen LogP) is 4.82. The minimum Gasteiger partial charge on any atom is -0.325 e. The maximum absolute atomic E-state index is 13.9. The SMILES string of the molecule is CCC1CCCC(N)(Cc2cc(Br)ccc2F)CC1. The molecule has 3 heteroatoms. The standard InChI is InChI=1S/C16H23BrFN/c1-2-12-4-3-8-16(19,9-7-12)11-13-10-14(17)5-6-15(13)18/h5-6,10,12H,2-4,7-9,11,19H2,1H3. The van der Waals surface area contributed by atoms with Gasteiger partial charge in [0.2, 0.25) is 0 Å². The minimum atomic E-state index is -0.231. The summed E-state index contributed by atoms with van der Waals surface area (Å²) in [6, 6.07) is 5.13. The molecule has 2 unspecified atom stereocenters. The lowest BCUT2D eigenvalue weighted by atomic mass is 9.84. The number of nitrogens with two attached hydrogens (primary N) is 1. The van der Waals surface area contributed by atoms with Gasteiger partial charge in [0, 0.05) is 10.0 Å². The van der Waals surface area contributed by atoms with Crippen LogP contribution in [0.5, 0.6) is 0 Å². The molecule has 0 bridgehead atoms. The highest BCUT2D eigenvalue weighted by atomic mass is 79.9. The molecule has 106 valence electrons. The highest BCUT2D eigenvalue weighted by Crippen LogP contribution is 2.33. The van der Waals surface area contributed by atoms with Crippen LogP contribution in [-0.2, 0) is 6.42 Å². The zero-order valence-corrected chi connectivity index (χ0v) is 13.2. The van der Waals surface area contributed by atoms with Gasteiger partial charge in [0.1, 0.15) is 5.82 Å². The molecule has 2 rings (SSSR count). The lowest BCUT2D eigenvalue weighted by Gasteiger charge is -2.28. The first-order valence-corrected chi connectivity index (χ1v) is 8.04. The van der Waals surface area contributed by atoms with Crippen LogP contribution < -0.4 is 5.73 Å². The number of rotatable bonds is 3. The van der Waals surface area contributed by atoms with Gasteiger partial charge in [0.05, 0.1) is 0 Å². The Morgan fingerprint density at radius 2 is 2.16 bits per heavy atom. The van der Waals surface area contributed by atoms with Crippen LogP contribution in [-0.4, -0.2) is 5.54 Å². The highest BCUT2D eigenvalue weighted by Gasteiger charge is 2.29. The third-order valence-corrected chi connectivity index (χ3v) is 4.96. The summed E-state index contributed by atoms with van der Waals surface area (Å²) in [6.45, 7) is 2.25. The van der Waals surface area contributed by atoms with Crippen molar-refractivity contribution < 1.29 is 4.39 Å². The fraction of sp³-hybridized carbons (Fsp3) is 0.625. The molecule has 1 fully saturated rings. The van der Waals surface area contributed by atoms with Crippen LogP contribution in [0.1, 0.15) is 51.0 Å². The minimum absolute atomic E-state index is 0.135. The Morgan fingerprint density at radius 1 is 1.37 bits per heavy atom. The van der Waals surface area contributed by atoms with Gasteiger partial charge < -0.3 is 5.73 Å². The molecule has 0 radical (unpaired) electrons. The van der Waals surface area contributed by atoms with Crippen LogP contribution in [0.15, 0.2) is 22.7 Å². The Morgan fingerprint density at radius 3 is 2.89 bits per heavy atom. The van der Waals surface area contributed by atoms with E-state index in [4.69, 9.17) is 5.73 Å². The number of hydrogen-bond donors (Lipinski definition) is 1. The molecular weight excluding hydrogens is 305 g/mol. The molecule has 1 aliphatic carbocycles. The molecule has 2 N–H and O–H groups in total. The van der Waals surface area contributed by atoms with Crippen molar-refractivity contribution in [2.24, 2.45) is 11.7 Å². The monoisotopic (exact) mass is 327 g/mol. The van der Waals surface area contributed by atoms with Gasteiger partial charge >= 0.3 is 0 Å². The summed E-state index contributed by atoms with van der Waals surface area (Å²) in [5, 5.41) is 0. The van der Waals surface area contributed by atoms with Gasteiger partial charge in [-0.15, -0.1) is 0 Å². The second-order valence-electron chi connectivity index (χ2n) is 5.98. The highest BCUT2D eigenvalue weighted by molar-refractivity contribution is 9.10. The van der Waals surface area contributed by atoms with E-state index < -0.39 is 0 Å². The van der Waals surface area contributed by atoms with Crippen LogP contribution in [0.3, 0.4) is 0 Å². The van der Waals surface area contributed by atoms with E-state index >= 15 is 0 Å². The topological polar surface area (TPSA) is 26.0 Å². The van der Waals surface area contributed by atoms with Gasteiger partial charge in [-0.05, 0) is 55.4 Å². The van der Waals surface area contributed by atoms with E-state index in [0.717, 1.165) is 28.8 Å². The molecule has 1 aromatic carbocycles. The molecule has 1 saturated carbocycles. The lowest BCUT2D eigenvalue weighted by molar-refractivity contribution is 0.354. The summed E-state index contributed by atoms with van der Waals surface area (Å²) in [7, 11) is 0. The van der Waals surface area contributed by atoms with Crippen molar-refractivity contribution in [2.75, 3.05) is 0 Å². The predicted molar refractivity (Wildman–Crippen MR) is 81.6 cm³/mol. The van der Waals surface area contributed by atoms with E-state index in [0.29, 0.717) is 6.42 Å². The largest absolute Gasteiger partial charge is 0.325 e. The first kappa shape index (κ1) is 15.0. The van der Waals surface area contributed by atoms with Crippen LogP contribution in [0, 0.1) is 11.7 Å². The van der Waals surface area contributed by atoms with Crippen molar-refractivity contribution in [1.82, 2.24) is 0 Å². The van der Waals surface area contributed by atoms with Gasteiger partial charge in [0.25, 0.3) is 0 Å². The van der Waals surface area contributed by atoms with E-state index in [1.807, 2.05) is 6.07 Å². The van der Waals surface area contributed by atoms with Gasteiger partial charge in [-0.1, -0.05) is 42.1 Å². The first-order valence-electron chi connectivity index (χ1n) is 7.25. The summed E-state index contributed by atoms with van der Waals surface area (Å²) in [5.74, 6) is 0.669. The van der Waals surface area contributed by atoms with Crippen molar-refractivity contribution in [1.29, 1.82) is 0 Å². The average Bonchev–Trinajstić information content (AvgIpc) is 2.56. The second kappa shape index (κ2) is 6.36. The van der Waals surface area contributed by atoms with Crippen LogP contribution in [0.2, 0.25) is 0 Å². The quantitative estimate of drug-likeness (QED) is 0.791. The number of hydrogen-bond acceptors (Lipinski definition) is 1. The van der Waals surface area contributed by atoms with E-state index in [1.165, 1.54) is 31.7 Å². The van der Waals surface area contributed by atoms with Gasteiger partial charge in [-0.25, -0.2) is 4.39 Å². The Labute approximate surface area is 123 Å². The lowest BCUT2D eigenvalue weighted by Crippen LogP contribution is -2.41. The van der Waals surface area contributed by atoms with Crippen LogP contribution in [0.4, 0.5) is 4.39 Å². The van der Waals surface area contributed by atoms with E-state index in [9.17, 15) is 4.39 Å². The molecular formula is C16H23BrFN. The van der Waals surface area contributed by atoms with Crippen LogP contribution in [0.25, 0.3) is 0 Å². The van der Waals surface area contributed by atoms with E-state index in [-0.39, 0.29) is 11.4 Å². The average molecular weight is 328 g/mol. The van der Waals surface area contributed by atoms with Gasteiger partial charge in [-0.3, -0.25) is 0 Å². The van der Waals surface area contributed by atoms with Crippen molar-refractivity contribution in [3.8, 4) is 0 Å².